The summed E-state index contributed by atoms with van der Waals surface area (Å²) in [6.45, 7) is 2.82. The standard InChI is InChI=1S/C20H18ClN3O4/c1-12-22-20(24-28-12)14-5-2-3-6-16(14)23-18(25)11-13-9-15(21)19-17(10-13)26-7-4-8-27-19/h2-3,5-6,9-10H,4,7-8,11H2,1H3,(H,23,25). The summed E-state index contributed by atoms with van der Waals surface area (Å²) in [5.41, 5.74) is 2.03. The van der Waals surface area contributed by atoms with Crippen LogP contribution in [0.25, 0.3) is 11.4 Å². The maximum Gasteiger partial charge on any atom is 0.228 e. The smallest absolute Gasteiger partial charge is 0.228 e. The van der Waals surface area contributed by atoms with Crippen LogP contribution in [0.2, 0.25) is 5.02 Å². The molecule has 3 aromatic rings. The number of carbonyl (C=O) groups excluding carboxylic acids is 1. The quantitative estimate of drug-likeness (QED) is 0.712. The van der Waals surface area contributed by atoms with Crippen LogP contribution in [0.3, 0.4) is 0 Å². The second-order valence-electron chi connectivity index (χ2n) is 6.36. The number of nitrogens with zero attached hydrogens (tertiary/aromatic N) is 2. The number of para-hydroxylation sites is 1. The van der Waals surface area contributed by atoms with Crippen molar-refractivity contribution in [2.45, 2.75) is 19.8 Å². The Morgan fingerprint density at radius 3 is 2.86 bits per heavy atom. The van der Waals surface area contributed by atoms with Crippen LogP contribution in [0.15, 0.2) is 40.9 Å². The molecule has 1 amide bonds. The molecule has 0 fully saturated rings. The molecule has 8 heteroatoms. The number of anilines is 1. The van der Waals surface area contributed by atoms with Gasteiger partial charge in [-0.15, -0.1) is 0 Å². The highest BCUT2D eigenvalue weighted by molar-refractivity contribution is 6.32. The summed E-state index contributed by atoms with van der Waals surface area (Å²) in [4.78, 5) is 16.9. The molecule has 0 spiro atoms. The van der Waals surface area contributed by atoms with Crippen molar-refractivity contribution in [3.05, 3.63) is 52.9 Å². The maximum atomic E-state index is 12.6. The van der Waals surface area contributed by atoms with Crippen LogP contribution >= 0.6 is 11.6 Å². The summed E-state index contributed by atoms with van der Waals surface area (Å²) in [6.07, 6.45) is 0.920. The van der Waals surface area contributed by atoms with Crippen molar-refractivity contribution in [3.8, 4) is 22.9 Å². The third kappa shape index (κ3) is 3.94. The van der Waals surface area contributed by atoms with Crippen LogP contribution in [0.5, 0.6) is 11.5 Å². The van der Waals surface area contributed by atoms with Crippen LogP contribution in [0.1, 0.15) is 17.9 Å². The first-order valence-corrected chi connectivity index (χ1v) is 9.25. The minimum atomic E-state index is -0.196. The molecule has 0 radical (unpaired) electrons. The second kappa shape index (κ2) is 7.90. The van der Waals surface area contributed by atoms with Crippen molar-refractivity contribution in [1.82, 2.24) is 10.1 Å². The number of aromatic nitrogens is 2. The van der Waals surface area contributed by atoms with Gasteiger partial charge < -0.3 is 19.3 Å². The van der Waals surface area contributed by atoms with Crippen LogP contribution < -0.4 is 14.8 Å². The van der Waals surface area contributed by atoms with Crippen LogP contribution in [-0.2, 0) is 11.2 Å². The normalized spacial score (nSPS) is 13.1. The molecule has 144 valence electrons. The van der Waals surface area contributed by atoms with E-state index >= 15 is 0 Å². The summed E-state index contributed by atoms with van der Waals surface area (Å²) in [6, 6.07) is 10.8. The second-order valence-corrected chi connectivity index (χ2v) is 6.77. The first-order chi connectivity index (χ1) is 13.6. The molecule has 1 aromatic heterocycles. The fourth-order valence-electron chi connectivity index (χ4n) is 2.96. The number of fused-ring (bicyclic) bond motifs is 1. The lowest BCUT2D eigenvalue weighted by atomic mass is 10.1. The zero-order valence-corrected chi connectivity index (χ0v) is 16.0. The zero-order valence-electron chi connectivity index (χ0n) is 15.2. The summed E-state index contributed by atoms with van der Waals surface area (Å²) in [5, 5.41) is 7.26. The number of hydrogen-bond donors (Lipinski definition) is 1. The fourth-order valence-corrected chi connectivity index (χ4v) is 3.25. The van der Waals surface area contributed by atoms with Gasteiger partial charge >= 0.3 is 0 Å². The molecule has 2 heterocycles. The number of halogens is 1. The molecule has 0 unspecified atom stereocenters. The van der Waals surface area contributed by atoms with Gasteiger partial charge in [-0.2, -0.15) is 4.98 Å². The number of aryl methyl sites for hydroxylation is 1. The van der Waals surface area contributed by atoms with Gasteiger partial charge in [-0.25, -0.2) is 0 Å². The van der Waals surface area contributed by atoms with Crippen molar-refractivity contribution in [3.63, 3.8) is 0 Å². The van der Waals surface area contributed by atoms with Crippen LogP contribution in [-0.4, -0.2) is 29.3 Å². The monoisotopic (exact) mass is 399 g/mol. The third-order valence-corrected chi connectivity index (χ3v) is 4.48. The Balaban J connectivity index is 1.53. The van der Waals surface area contributed by atoms with Crippen molar-refractivity contribution in [2.24, 2.45) is 0 Å². The number of nitrogens with one attached hydrogen (secondary N) is 1. The molecule has 0 aliphatic carbocycles. The molecule has 7 nitrogen and oxygen atoms in total. The van der Waals surface area contributed by atoms with E-state index in [1.165, 1.54) is 0 Å². The van der Waals surface area contributed by atoms with Crippen molar-refractivity contribution in [2.75, 3.05) is 18.5 Å². The minimum Gasteiger partial charge on any atom is -0.489 e. The van der Waals surface area contributed by atoms with Gasteiger partial charge in [0.05, 0.1) is 30.3 Å². The SMILES string of the molecule is Cc1nc(-c2ccccc2NC(=O)Cc2cc(Cl)c3c(c2)OCCCO3)no1. The predicted octanol–water partition coefficient (Wildman–Crippen LogP) is 4.04. The van der Waals surface area contributed by atoms with Gasteiger partial charge in [0.15, 0.2) is 11.5 Å². The van der Waals surface area contributed by atoms with E-state index in [0.717, 1.165) is 12.0 Å². The average molecular weight is 400 g/mol. The average Bonchev–Trinajstić information content (AvgIpc) is 2.95. The first kappa shape index (κ1) is 18.3. The minimum absolute atomic E-state index is 0.135. The Morgan fingerprint density at radius 2 is 2.04 bits per heavy atom. The maximum absolute atomic E-state index is 12.6. The lowest BCUT2D eigenvalue weighted by molar-refractivity contribution is -0.115. The largest absolute Gasteiger partial charge is 0.489 e. The molecule has 1 aliphatic heterocycles. The molecular weight excluding hydrogens is 382 g/mol. The fraction of sp³-hybridized carbons (Fsp3) is 0.250. The Hall–Kier alpha value is -3.06. The van der Waals surface area contributed by atoms with Gasteiger partial charge in [0.1, 0.15) is 0 Å². The Morgan fingerprint density at radius 1 is 1.21 bits per heavy atom. The van der Waals surface area contributed by atoms with Gasteiger partial charge in [-0.3, -0.25) is 4.79 Å². The molecule has 2 aromatic carbocycles. The summed E-state index contributed by atoms with van der Waals surface area (Å²) >= 11 is 6.31. The summed E-state index contributed by atoms with van der Waals surface area (Å²) in [5.74, 6) is 1.78. The van der Waals surface area contributed by atoms with E-state index in [1.807, 2.05) is 18.2 Å². The van der Waals surface area contributed by atoms with E-state index in [1.54, 1.807) is 25.1 Å². The van der Waals surface area contributed by atoms with Gasteiger partial charge in [-0.05, 0) is 29.8 Å². The van der Waals surface area contributed by atoms with E-state index in [2.05, 4.69) is 15.5 Å². The van der Waals surface area contributed by atoms with E-state index in [-0.39, 0.29) is 12.3 Å². The van der Waals surface area contributed by atoms with Crippen molar-refractivity contribution >= 4 is 23.2 Å². The van der Waals surface area contributed by atoms with E-state index < -0.39 is 0 Å². The topological polar surface area (TPSA) is 86.5 Å². The van der Waals surface area contributed by atoms with Crippen LogP contribution in [0.4, 0.5) is 5.69 Å². The highest BCUT2D eigenvalue weighted by atomic mass is 35.5. The van der Waals surface area contributed by atoms with Gasteiger partial charge in [0.2, 0.25) is 17.6 Å². The number of hydrogen-bond acceptors (Lipinski definition) is 6. The Labute approximate surface area is 166 Å². The lowest BCUT2D eigenvalue weighted by Crippen LogP contribution is -2.15. The Kier molecular flexibility index (Phi) is 5.16. The number of amides is 1. The van der Waals surface area contributed by atoms with E-state index in [4.69, 9.17) is 25.6 Å². The number of benzene rings is 2. The molecule has 1 aliphatic rings. The predicted molar refractivity (Wildman–Crippen MR) is 104 cm³/mol. The highest BCUT2D eigenvalue weighted by Gasteiger charge is 2.18. The molecule has 0 saturated carbocycles. The molecule has 0 atom stereocenters. The van der Waals surface area contributed by atoms with E-state index in [9.17, 15) is 4.79 Å². The molecule has 0 saturated heterocycles. The van der Waals surface area contributed by atoms with Gasteiger partial charge in [0, 0.05) is 18.9 Å². The first-order valence-electron chi connectivity index (χ1n) is 8.88. The molecule has 28 heavy (non-hydrogen) atoms. The highest BCUT2D eigenvalue weighted by Crippen LogP contribution is 2.38. The zero-order chi connectivity index (χ0) is 19.5. The van der Waals surface area contributed by atoms with Crippen molar-refractivity contribution in [1.29, 1.82) is 0 Å². The summed E-state index contributed by atoms with van der Waals surface area (Å²) < 4.78 is 16.3. The number of carbonyl (C=O) groups is 1. The van der Waals surface area contributed by atoms with Crippen LogP contribution in [0, 0.1) is 6.92 Å². The van der Waals surface area contributed by atoms with E-state index in [0.29, 0.717) is 52.7 Å². The lowest BCUT2D eigenvalue weighted by Gasteiger charge is -2.12. The molecule has 0 bridgehead atoms. The third-order valence-electron chi connectivity index (χ3n) is 4.20. The molecule has 1 N–H and O–H groups in total. The number of rotatable bonds is 4. The Bertz CT molecular complexity index is 1020. The molecular formula is C20H18ClN3O4. The molecule has 4 rings (SSSR count). The number of ether oxygens (including phenoxy) is 2. The van der Waals surface area contributed by atoms with Crippen molar-refractivity contribution < 1.29 is 18.8 Å². The summed E-state index contributed by atoms with van der Waals surface area (Å²) in [7, 11) is 0. The van der Waals surface area contributed by atoms with Gasteiger partial charge in [0.25, 0.3) is 0 Å². The van der Waals surface area contributed by atoms with Gasteiger partial charge in [-0.1, -0.05) is 28.9 Å².